The maximum Gasteiger partial charge on any atom is 0.225 e. The molecule has 1 saturated heterocycles. The Hall–Kier alpha value is -2.43. The first-order chi connectivity index (χ1) is 13.1. The lowest BCUT2D eigenvalue weighted by atomic mass is 9.95. The number of benzene rings is 1. The van der Waals surface area contributed by atoms with Gasteiger partial charge in [0.05, 0.1) is 5.69 Å². The van der Waals surface area contributed by atoms with Gasteiger partial charge in [-0.05, 0) is 44.4 Å². The number of carbonyl (C=O) groups is 1. The van der Waals surface area contributed by atoms with Crippen LogP contribution in [0.3, 0.4) is 0 Å². The zero-order valence-electron chi connectivity index (χ0n) is 16.7. The van der Waals surface area contributed by atoms with E-state index in [4.69, 9.17) is 0 Å². The van der Waals surface area contributed by atoms with E-state index in [1.54, 1.807) is 0 Å². The van der Waals surface area contributed by atoms with Crippen molar-refractivity contribution >= 4 is 11.7 Å². The first kappa shape index (κ1) is 19.3. The fraction of sp³-hybridized carbons (Fsp3) is 0.500. The summed E-state index contributed by atoms with van der Waals surface area (Å²) in [5, 5.41) is 8.85. The Kier molecular flexibility index (Phi) is 6.43. The molecule has 0 atom stereocenters. The summed E-state index contributed by atoms with van der Waals surface area (Å²) >= 11 is 0. The van der Waals surface area contributed by atoms with Crippen molar-refractivity contribution < 1.29 is 4.79 Å². The third kappa shape index (κ3) is 4.85. The molecule has 0 N–H and O–H groups in total. The first-order valence-electron chi connectivity index (χ1n) is 9.99. The van der Waals surface area contributed by atoms with Crippen molar-refractivity contribution in [1.82, 2.24) is 15.1 Å². The number of aromatic nitrogens is 2. The van der Waals surface area contributed by atoms with E-state index in [1.807, 2.05) is 30.1 Å². The number of carbonyl (C=O) groups excluding carboxylic acids is 1. The van der Waals surface area contributed by atoms with Crippen molar-refractivity contribution in [3.8, 4) is 11.3 Å². The lowest BCUT2D eigenvalue weighted by Crippen LogP contribution is -2.41. The van der Waals surface area contributed by atoms with E-state index in [2.05, 4.69) is 47.1 Å². The second-order valence-corrected chi connectivity index (χ2v) is 7.52. The topological polar surface area (TPSA) is 49.3 Å². The third-order valence-corrected chi connectivity index (χ3v) is 5.36. The zero-order valence-corrected chi connectivity index (χ0v) is 16.7. The molecule has 3 rings (SSSR count). The number of anilines is 1. The first-order valence-corrected chi connectivity index (χ1v) is 9.99. The Morgan fingerprint density at radius 3 is 2.59 bits per heavy atom. The average molecular weight is 367 g/mol. The quantitative estimate of drug-likeness (QED) is 0.777. The van der Waals surface area contributed by atoms with Crippen LogP contribution in [-0.2, 0) is 4.79 Å². The number of amides is 1. The minimum Gasteiger partial charge on any atom is -0.355 e. The molecular weight excluding hydrogens is 336 g/mol. The largest absolute Gasteiger partial charge is 0.355 e. The maximum atomic E-state index is 12.6. The maximum absolute atomic E-state index is 12.6. The van der Waals surface area contributed by atoms with Gasteiger partial charge < -0.3 is 9.80 Å². The molecule has 0 aliphatic carbocycles. The number of rotatable bonds is 6. The number of unbranched alkanes of at least 4 members (excludes halogenated alkanes) is 1. The molecule has 1 fully saturated rings. The second-order valence-electron chi connectivity index (χ2n) is 7.52. The summed E-state index contributed by atoms with van der Waals surface area (Å²) in [6.45, 7) is 6.81. The molecule has 0 bridgehead atoms. The van der Waals surface area contributed by atoms with E-state index in [1.165, 1.54) is 5.56 Å². The Labute approximate surface area is 162 Å². The van der Waals surface area contributed by atoms with E-state index in [9.17, 15) is 4.79 Å². The van der Waals surface area contributed by atoms with E-state index in [-0.39, 0.29) is 5.92 Å². The summed E-state index contributed by atoms with van der Waals surface area (Å²) < 4.78 is 0. The van der Waals surface area contributed by atoms with Gasteiger partial charge >= 0.3 is 0 Å². The molecule has 0 saturated carbocycles. The molecule has 0 radical (unpaired) electrons. The van der Waals surface area contributed by atoms with Gasteiger partial charge in [-0.3, -0.25) is 4.79 Å². The fourth-order valence-electron chi connectivity index (χ4n) is 3.62. The van der Waals surface area contributed by atoms with Crippen molar-refractivity contribution in [3.05, 3.63) is 42.0 Å². The highest BCUT2D eigenvalue weighted by atomic mass is 16.2. The fourth-order valence-corrected chi connectivity index (χ4v) is 3.62. The van der Waals surface area contributed by atoms with Crippen molar-refractivity contribution in [2.75, 3.05) is 31.6 Å². The molecule has 0 unspecified atom stereocenters. The SMILES string of the molecule is CCCCN(C)C(=O)C1CCN(c2ccc(-c3cccc(C)c3)nn2)CC1. The summed E-state index contributed by atoms with van der Waals surface area (Å²) in [5.41, 5.74) is 3.20. The lowest BCUT2D eigenvalue weighted by molar-refractivity contribution is -0.134. The van der Waals surface area contributed by atoms with Gasteiger partial charge in [0.2, 0.25) is 5.91 Å². The Balaban J connectivity index is 1.57. The Morgan fingerprint density at radius 1 is 1.19 bits per heavy atom. The molecule has 27 heavy (non-hydrogen) atoms. The van der Waals surface area contributed by atoms with E-state index >= 15 is 0 Å². The van der Waals surface area contributed by atoms with Crippen molar-refractivity contribution in [2.24, 2.45) is 5.92 Å². The van der Waals surface area contributed by atoms with Crippen LogP contribution in [0.2, 0.25) is 0 Å². The zero-order chi connectivity index (χ0) is 19.2. The van der Waals surface area contributed by atoms with Crippen LogP contribution >= 0.6 is 0 Å². The number of piperidine rings is 1. The number of hydrogen-bond acceptors (Lipinski definition) is 4. The number of aryl methyl sites for hydroxylation is 1. The second kappa shape index (κ2) is 8.98. The molecule has 2 heterocycles. The Morgan fingerprint density at radius 2 is 1.96 bits per heavy atom. The van der Waals surface area contributed by atoms with Crippen LogP contribution in [0.25, 0.3) is 11.3 Å². The molecule has 0 spiro atoms. The summed E-state index contributed by atoms with van der Waals surface area (Å²) in [4.78, 5) is 16.7. The number of nitrogens with zero attached hydrogens (tertiary/aromatic N) is 4. The predicted molar refractivity (Wildman–Crippen MR) is 110 cm³/mol. The molecule has 144 valence electrons. The van der Waals surface area contributed by atoms with Gasteiger partial charge in [0.25, 0.3) is 0 Å². The van der Waals surface area contributed by atoms with E-state index in [0.717, 1.165) is 62.4 Å². The van der Waals surface area contributed by atoms with Gasteiger partial charge in [-0.1, -0.05) is 37.1 Å². The van der Waals surface area contributed by atoms with Crippen LogP contribution < -0.4 is 4.90 Å². The van der Waals surface area contributed by atoms with E-state index < -0.39 is 0 Å². The van der Waals surface area contributed by atoms with Gasteiger partial charge in [-0.2, -0.15) is 0 Å². The highest BCUT2D eigenvalue weighted by molar-refractivity contribution is 5.78. The smallest absolute Gasteiger partial charge is 0.225 e. The summed E-state index contributed by atoms with van der Waals surface area (Å²) in [6, 6.07) is 12.4. The van der Waals surface area contributed by atoms with Crippen LogP contribution in [0.4, 0.5) is 5.82 Å². The third-order valence-electron chi connectivity index (χ3n) is 5.36. The molecule has 1 amide bonds. The van der Waals surface area contributed by atoms with E-state index in [0.29, 0.717) is 5.91 Å². The summed E-state index contributed by atoms with van der Waals surface area (Å²) in [6.07, 6.45) is 3.96. The highest BCUT2D eigenvalue weighted by Gasteiger charge is 2.27. The van der Waals surface area contributed by atoms with Crippen LogP contribution in [0.15, 0.2) is 36.4 Å². The lowest BCUT2D eigenvalue weighted by Gasteiger charge is -2.33. The van der Waals surface area contributed by atoms with Gasteiger partial charge in [0.15, 0.2) is 5.82 Å². The van der Waals surface area contributed by atoms with Crippen LogP contribution in [0, 0.1) is 12.8 Å². The molecule has 5 nitrogen and oxygen atoms in total. The van der Waals surface area contributed by atoms with Crippen LogP contribution in [0.1, 0.15) is 38.2 Å². The Bertz CT molecular complexity index is 751. The minimum atomic E-state index is 0.141. The molecular formula is C22H30N4O. The van der Waals surface area contributed by atoms with Gasteiger partial charge in [0.1, 0.15) is 0 Å². The van der Waals surface area contributed by atoms with Gasteiger partial charge in [0, 0.05) is 38.2 Å². The molecule has 1 aromatic carbocycles. The molecule has 1 aliphatic rings. The summed E-state index contributed by atoms with van der Waals surface area (Å²) in [7, 11) is 1.93. The van der Waals surface area contributed by atoms with Gasteiger partial charge in [-0.15, -0.1) is 10.2 Å². The molecule has 1 aliphatic heterocycles. The highest BCUT2D eigenvalue weighted by Crippen LogP contribution is 2.24. The van der Waals surface area contributed by atoms with Gasteiger partial charge in [-0.25, -0.2) is 0 Å². The molecule has 1 aromatic heterocycles. The molecule has 5 heteroatoms. The number of hydrogen-bond donors (Lipinski definition) is 0. The van der Waals surface area contributed by atoms with Crippen molar-refractivity contribution in [3.63, 3.8) is 0 Å². The monoisotopic (exact) mass is 366 g/mol. The predicted octanol–water partition coefficient (Wildman–Crippen LogP) is 3.93. The standard InChI is InChI=1S/C22H30N4O/c1-4-5-13-25(3)22(27)18-11-14-26(15-12-18)21-10-9-20(23-24-21)19-8-6-7-17(2)16-19/h6-10,16,18H,4-5,11-15H2,1-3H3. The van der Waals surface area contributed by atoms with Crippen LogP contribution in [-0.4, -0.2) is 47.7 Å². The van der Waals surface area contributed by atoms with Crippen molar-refractivity contribution in [2.45, 2.75) is 39.5 Å². The van der Waals surface area contributed by atoms with Crippen molar-refractivity contribution in [1.29, 1.82) is 0 Å². The summed E-state index contributed by atoms with van der Waals surface area (Å²) in [5.74, 6) is 1.34. The average Bonchev–Trinajstić information content (AvgIpc) is 2.71. The minimum absolute atomic E-state index is 0.141. The normalized spacial score (nSPS) is 15.0. The van der Waals surface area contributed by atoms with Crippen LogP contribution in [0.5, 0.6) is 0 Å². The molecule has 2 aromatic rings.